The van der Waals surface area contributed by atoms with Gasteiger partial charge < -0.3 is 8.83 Å². The Hall–Kier alpha value is -12.1. The van der Waals surface area contributed by atoms with Crippen LogP contribution in [0.2, 0.25) is 0 Å². The van der Waals surface area contributed by atoms with Crippen LogP contribution in [0.15, 0.2) is 336 Å². The van der Waals surface area contributed by atoms with Gasteiger partial charge in [-0.25, -0.2) is 0 Å². The average Bonchev–Trinajstić information content (AvgIpc) is 0.909. The van der Waals surface area contributed by atoms with Crippen LogP contribution in [-0.2, 0) is 0 Å². The minimum absolute atomic E-state index is 0.0636. The maximum absolute atomic E-state index is 9.55. The molecule has 0 spiro atoms. The molecular formula is C92H60O2. The maximum atomic E-state index is 9.55. The lowest BCUT2D eigenvalue weighted by Gasteiger charge is -2.21. The van der Waals surface area contributed by atoms with E-state index in [4.69, 9.17) is 30.8 Å². The lowest BCUT2D eigenvalue weighted by molar-refractivity contribution is 0.668. The van der Waals surface area contributed by atoms with Crippen molar-refractivity contribution in [1.29, 1.82) is 0 Å². The Labute approximate surface area is 575 Å². The number of furan rings is 2. The second kappa shape index (κ2) is 22.4. The molecule has 17 aromatic carbocycles. The van der Waals surface area contributed by atoms with Crippen molar-refractivity contribution in [3.8, 4) is 77.9 Å². The smallest absolute Gasteiger partial charge is 0.136 e. The van der Waals surface area contributed by atoms with Gasteiger partial charge in [0.1, 0.15) is 22.3 Å². The van der Waals surface area contributed by atoms with Gasteiger partial charge in [0.2, 0.25) is 0 Å². The zero-order chi connectivity index (χ0) is 81.5. The number of hydrogen-bond acceptors (Lipinski definition) is 2. The molecule has 0 atom stereocenters. The van der Waals surface area contributed by atoms with E-state index in [9.17, 15) is 8.22 Å². The van der Waals surface area contributed by atoms with Crippen molar-refractivity contribution in [3.05, 3.63) is 338 Å². The van der Waals surface area contributed by atoms with E-state index in [1.165, 1.54) is 0 Å². The highest BCUT2D eigenvalue weighted by molar-refractivity contribution is 6.27. The van der Waals surface area contributed by atoms with Crippen molar-refractivity contribution in [2.75, 3.05) is 0 Å². The highest BCUT2D eigenvalue weighted by atomic mass is 16.3. The summed E-state index contributed by atoms with van der Waals surface area (Å²) in [5.41, 5.74) is 10.6. The topological polar surface area (TPSA) is 26.3 Å². The van der Waals surface area contributed by atoms with E-state index in [0.29, 0.717) is 49.4 Å². The van der Waals surface area contributed by atoms with Gasteiger partial charge in [-0.2, -0.15) is 0 Å². The molecule has 0 bridgehead atoms. The molecule has 19 rings (SSSR count). The van der Waals surface area contributed by atoms with E-state index in [0.717, 1.165) is 88.0 Å². The summed E-state index contributed by atoms with van der Waals surface area (Å²) in [5.74, 6) is 0. The van der Waals surface area contributed by atoms with Crippen molar-refractivity contribution in [3.63, 3.8) is 0 Å². The highest BCUT2D eigenvalue weighted by Gasteiger charge is 2.25. The molecule has 0 aliphatic heterocycles. The molecule has 2 aromatic heterocycles. The van der Waals surface area contributed by atoms with Gasteiger partial charge in [0.05, 0.1) is 30.2 Å². The molecule has 19 aromatic rings. The Morgan fingerprint density at radius 1 is 0.223 bits per heavy atom. The van der Waals surface area contributed by atoms with E-state index in [-0.39, 0.29) is 66.7 Å². The fourth-order valence-electron chi connectivity index (χ4n) is 13.9. The molecule has 0 saturated carbocycles. The van der Waals surface area contributed by atoms with E-state index < -0.39 is 126 Å². The zero-order valence-corrected chi connectivity index (χ0v) is 50.3. The summed E-state index contributed by atoms with van der Waals surface area (Å²) in [5, 5.41) is 7.29. The molecule has 0 aliphatic carbocycles. The molecule has 2 nitrogen and oxygen atoms in total. The lowest BCUT2D eigenvalue weighted by Crippen LogP contribution is -1.94. The molecule has 0 fully saturated rings. The van der Waals surface area contributed by atoms with Crippen LogP contribution in [0.3, 0.4) is 0 Å². The van der Waals surface area contributed by atoms with E-state index in [1.54, 1.807) is 6.07 Å². The zero-order valence-electron chi connectivity index (χ0n) is 72.3. The molecule has 0 saturated heterocycles. The summed E-state index contributed by atoms with van der Waals surface area (Å²) in [6.07, 6.45) is 0. The first-order valence-electron chi connectivity index (χ1n) is 41.7. The van der Waals surface area contributed by atoms with Crippen molar-refractivity contribution in [2.24, 2.45) is 0 Å². The first-order chi connectivity index (χ1) is 55.6. The van der Waals surface area contributed by atoms with Crippen LogP contribution in [0, 0.1) is 13.8 Å². The number of fused-ring (bicyclic) bond motifs is 12. The van der Waals surface area contributed by atoms with Gasteiger partial charge in [0.15, 0.2) is 0 Å². The largest absolute Gasteiger partial charge is 0.456 e. The lowest BCUT2D eigenvalue weighted by atomic mass is 9.82. The molecule has 94 heavy (non-hydrogen) atoms. The summed E-state index contributed by atoms with van der Waals surface area (Å²) in [6.45, 7) is 3.89. The Morgan fingerprint density at radius 3 is 1.18 bits per heavy atom. The second-order valence-corrected chi connectivity index (χ2v) is 23.3. The van der Waals surface area contributed by atoms with Gasteiger partial charge in [0, 0.05) is 27.1 Å². The van der Waals surface area contributed by atoms with Crippen LogP contribution in [0.25, 0.3) is 186 Å². The van der Waals surface area contributed by atoms with Crippen LogP contribution in [0.1, 0.15) is 41.3 Å². The summed E-state index contributed by atoms with van der Waals surface area (Å²) < 4.78 is 210. The predicted octanol–water partition coefficient (Wildman–Crippen LogP) is 26.4. The molecule has 0 aliphatic rings. The van der Waals surface area contributed by atoms with E-state index in [1.807, 2.05) is 184 Å². The predicted molar refractivity (Wildman–Crippen MR) is 400 cm³/mol. The number of benzene rings is 17. The van der Waals surface area contributed by atoms with E-state index >= 15 is 0 Å². The fraction of sp³-hybridized carbons (Fsp3) is 0.0217. The standard InChI is InChI=1S/C48H30O.C44H30O/c1-3-15-31(16-4-1)36-27-28-44-48(41-25-13-14-26-43(41)49-44)46(36)34-29-33-19-7-8-20-35(33)42(30-34)47-39-23-11-9-21-37(39)45(32-17-5-2-6-18-32)38-22-10-12-24-40(38)47;1-27-23-37-38(24-28(27)2)43(35-18-9-8-17-34(35)42(37)29-13-4-3-5-14-29)39-26-31(25-30-15-6-7-16-32(30)39)33-20-12-22-41-44(33)36-19-10-11-21-40(36)45-41/h1-30H;3-26H,1-2H3/i2D,5D,6D,9D,10D,11D,12D,17D,18D,21D,22D,23D,24D;3D,4D,5D,8D,9D,13D,14D,17D,18D. The van der Waals surface area contributed by atoms with Crippen molar-refractivity contribution >= 4 is 109 Å². The van der Waals surface area contributed by atoms with Gasteiger partial charge >= 0.3 is 0 Å². The SMILES string of the molecule is [2H]c1c([2H])c([2H])c(-c2c3c([2H])c([2H])c([2H])c([2H])c3c(-c3cc(-c4c(-c5ccccc5)ccc5oc6ccccc6c45)cc4ccccc34)c3c([2H])c([2H])c([2H])c([2H])c23)c([2H])c1[2H].[2H]c1c([2H])c([2H])c(-c2c3cc(C)c(C)cc3c(-c3cc(-c4cccc5oc6ccccc6c45)cc4ccccc34)c3c([2H])c([2H])c([2H])c([2H])c23)c([2H])c1[2H]. The Kier molecular flexibility index (Phi) is 8.73. The summed E-state index contributed by atoms with van der Waals surface area (Å²) in [7, 11) is 0. The highest BCUT2D eigenvalue weighted by Crippen LogP contribution is 2.51. The number of para-hydroxylation sites is 2. The van der Waals surface area contributed by atoms with E-state index in [2.05, 4.69) is 18.2 Å². The minimum atomic E-state index is -0.720. The Morgan fingerprint density at radius 2 is 0.628 bits per heavy atom. The van der Waals surface area contributed by atoms with Gasteiger partial charge in [-0.3, -0.25) is 0 Å². The van der Waals surface area contributed by atoms with Gasteiger partial charge in [0.25, 0.3) is 0 Å². The van der Waals surface area contributed by atoms with Crippen LogP contribution < -0.4 is 0 Å². The molecule has 0 N–H and O–H groups in total. The number of rotatable bonds is 7. The quantitative estimate of drug-likeness (QED) is 0.149. The second-order valence-electron chi connectivity index (χ2n) is 23.3. The fourth-order valence-corrected chi connectivity index (χ4v) is 13.9. The number of aryl methyl sites for hydroxylation is 2. The van der Waals surface area contributed by atoms with Crippen molar-refractivity contribution < 1.29 is 39.0 Å². The normalized spacial score (nSPS) is 15.0. The molecule has 0 amide bonds. The van der Waals surface area contributed by atoms with Crippen LogP contribution in [-0.4, -0.2) is 0 Å². The Bertz CT molecular complexity index is 7500. The van der Waals surface area contributed by atoms with Gasteiger partial charge in [-0.15, -0.1) is 0 Å². The first kappa shape index (κ1) is 36.7. The molecule has 0 radical (unpaired) electrons. The van der Waals surface area contributed by atoms with Crippen molar-refractivity contribution in [1.82, 2.24) is 0 Å². The number of hydrogen-bond donors (Lipinski definition) is 0. The molecule has 0 unspecified atom stereocenters. The molecule has 2 heterocycles. The average molecular weight is 1220 g/mol. The van der Waals surface area contributed by atoms with Gasteiger partial charge in [-0.05, 0) is 210 Å². The van der Waals surface area contributed by atoms with Gasteiger partial charge in [-0.1, -0.05) is 279 Å². The molecule has 2 heteroatoms. The molecule has 440 valence electrons. The third-order valence-corrected chi connectivity index (χ3v) is 18.1. The third kappa shape index (κ3) is 8.94. The summed E-state index contributed by atoms with van der Waals surface area (Å²) in [6, 6.07) is 50.0. The third-order valence-electron chi connectivity index (χ3n) is 18.1. The van der Waals surface area contributed by atoms with Crippen LogP contribution in [0.5, 0.6) is 0 Å². The van der Waals surface area contributed by atoms with Crippen molar-refractivity contribution in [2.45, 2.75) is 13.8 Å². The molecular weight excluding hydrogens is 1140 g/mol. The monoisotopic (exact) mass is 1220 g/mol. The Balaban J connectivity index is 0.000000162. The maximum Gasteiger partial charge on any atom is 0.136 e. The summed E-state index contributed by atoms with van der Waals surface area (Å²) in [4.78, 5) is 0. The summed E-state index contributed by atoms with van der Waals surface area (Å²) >= 11 is 0. The first-order valence-corrected chi connectivity index (χ1v) is 30.7. The van der Waals surface area contributed by atoms with Crippen LogP contribution in [0.4, 0.5) is 0 Å². The minimum Gasteiger partial charge on any atom is -0.456 e. The van der Waals surface area contributed by atoms with Crippen LogP contribution >= 0.6 is 0 Å².